The molecule has 3 rings (SSSR count). The van der Waals surface area contributed by atoms with E-state index in [1.54, 1.807) is 13.4 Å². The van der Waals surface area contributed by atoms with Crippen molar-refractivity contribution in [3.8, 4) is 5.75 Å². The van der Waals surface area contributed by atoms with Crippen LogP contribution in [0.15, 0.2) is 48.8 Å². The van der Waals surface area contributed by atoms with Crippen LogP contribution in [0.25, 0.3) is 11.0 Å². The lowest BCUT2D eigenvalue weighted by Gasteiger charge is -2.09. The molecule has 2 aromatic carbocycles. The molecule has 5 nitrogen and oxygen atoms in total. The number of carbonyl (C=O) groups is 1. The number of hydrogen-bond acceptors (Lipinski definition) is 3. The standard InChI is InChI=1S/C17H17N3O2/c1-22-16-5-3-2-4-14(16)20-17(21)9-7-12-6-8-13-15(10-12)19-11-18-13/h2-6,8,10-11H,7,9H2,1H3,(H,18,19)(H,20,21). The summed E-state index contributed by atoms with van der Waals surface area (Å²) < 4.78 is 5.22. The molecule has 0 bridgehead atoms. The SMILES string of the molecule is COc1ccccc1NC(=O)CCc1ccc2nc[nH]c2c1. The van der Waals surface area contributed by atoms with Crippen LogP contribution >= 0.6 is 0 Å². The molecule has 0 saturated carbocycles. The van der Waals surface area contributed by atoms with E-state index < -0.39 is 0 Å². The Balaban J connectivity index is 1.62. The van der Waals surface area contributed by atoms with Crippen LogP contribution in [0.5, 0.6) is 5.75 Å². The van der Waals surface area contributed by atoms with Gasteiger partial charge in [0.25, 0.3) is 0 Å². The van der Waals surface area contributed by atoms with Gasteiger partial charge in [-0.3, -0.25) is 4.79 Å². The molecule has 112 valence electrons. The molecule has 1 amide bonds. The van der Waals surface area contributed by atoms with Gasteiger partial charge in [0.2, 0.25) is 5.91 Å². The number of rotatable bonds is 5. The molecule has 0 saturated heterocycles. The summed E-state index contributed by atoms with van der Waals surface area (Å²) in [5, 5.41) is 2.88. The molecule has 0 radical (unpaired) electrons. The van der Waals surface area contributed by atoms with Crippen LogP contribution in [0.2, 0.25) is 0 Å². The summed E-state index contributed by atoms with van der Waals surface area (Å²) in [6.45, 7) is 0. The Kier molecular flexibility index (Phi) is 4.05. The number of nitrogens with zero attached hydrogens (tertiary/aromatic N) is 1. The van der Waals surface area contributed by atoms with Crippen molar-refractivity contribution in [3.63, 3.8) is 0 Å². The molecule has 3 aromatic rings. The summed E-state index contributed by atoms with van der Waals surface area (Å²) in [6.07, 6.45) is 2.76. The van der Waals surface area contributed by atoms with Crippen molar-refractivity contribution >= 4 is 22.6 Å². The molecule has 0 aliphatic rings. The van der Waals surface area contributed by atoms with Gasteiger partial charge in [0.15, 0.2) is 0 Å². The number of fused-ring (bicyclic) bond motifs is 1. The number of nitrogens with one attached hydrogen (secondary N) is 2. The normalized spacial score (nSPS) is 10.6. The largest absolute Gasteiger partial charge is 0.495 e. The third-order valence-electron chi connectivity index (χ3n) is 3.51. The lowest BCUT2D eigenvalue weighted by molar-refractivity contribution is -0.116. The zero-order chi connectivity index (χ0) is 15.4. The Hall–Kier alpha value is -2.82. The van der Waals surface area contributed by atoms with Crippen LogP contribution in [0.3, 0.4) is 0 Å². The third-order valence-corrected chi connectivity index (χ3v) is 3.51. The minimum Gasteiger partial charge on any atom is -0.495 e. The van der Waals surface area contributed by atoms with Gasteiger partial charge in [0.1, 0.15) is 5.75 Å². The highest BCUT2D eigenvalue weighted by atomic mass is 16.5. The van der Waals surface area contributed by atoms with E-state index in [0.29, 0.717) is 24.3 Å². The second-order valence-electron chi connectivity index (χ2n) is 5.00. The number of aryl methyl sites for hydroxylation is 1. The van der Waals surface area contributed by atoms with E-state index in [4.69, 9.17) is 4.74 Å². The molecule has 0 unspecified atom stereocenters. The summed E-state index contributed by atoms with van der Waals surface area (Å²) in [4.78, 5) is 19.3. The first-order valence-corrected chi connectivity index (χ1v) is 7.11. The molecule has 0 fully saturated rings. The number of ether oxygens (including phenoxy) is 1. The maximum atomic E-state index is 12.1. The number of amides is 1. The number of aromatic nitrogens is 2. The fraction of sp³-hybridized carbons (Fsp3) is 0.176. The Morgan fingerprint density at radius 2 is 2.14 bits per heavy atom. The lowest BCUT2D eigenvalue weighted by atomic mass is 10.1. The number of carbonyl (C=O) groups excluding carboxylic acids is 1. The van der Waals surface area contributed by atoms with E-state index in [1.165, 1.54) is 0 Å². The van der Waals surface area contributed by atoms with Crippen molar-refractivity contribution in [1.29, 1.82) is 0 Å². The topological polar surface area (TPSA) is 67.0 Å². The first-order valence-electron chi connectivity index (χ1n) is 7.11. The van der Waals surface area contributed by atoms with E-state index in [2.05, 4.69) is 15.3 Å². The second-order valence-corrected chi connectivity index (χ2v) is 5.00. The average Bonchev–Trinajstić information content (AvgIpc) is 3.01. The fourth-order valence-electron chi connectivity index (χ4n) is 2.36. The predicted octanol–water partition coefficient (Wildman–Crippen LogP) is 3.14. The van der Waals surface area contributed by atoms with Gasteiger partial charge in [-0.15, -0.1) is 0 Å². The molecule has 0 atom stereocenters. The van der Waals surface area contributed by atoms with Crippen molar-refractivity contribution in [3.05, 3.63) is 54.4 Å². The number of imidazole rings is 1. The van der Waals surface area contributed by atoms with Gasteiger partial charge in [-0.05, 0) is 36.2 Å². The van der Waals surface area contributed by atoms with Gasteiger partial charge in [0, 0.05) is 6.42 Å². The molecule has 1 aromatic heterocycles. The number of anilines is 1. The molecular formula is C17H17N3O2. The zero-order valence-corrected chi connectivity index (χ0v) is 12.3. The molecule has 22 heavy (non-hydrogen) atoms. The van der Waals surface area contributed by atoms with E-state index in [-0.39, 0.29) is 5.91 Å². The molecule has 5 heteroatoms. The number of aromatic amines is 1. The Morgan fingerprint density at radius 1 is 1.27 bits per heavy atom. The number of hydrogen-bond donors (Lipinski definition) is 2. The quantitative estimate of drug-likeness (QED) is 0.760. The van der Waals surface area contributed by atoms with E-state index >= 15 is 0 Å². The third kappa shape index (κ3) is 3.09. The molecular weight excluding hydrogens is 278 g/mol. The van der Waals surface area contributed by atoms with Crippen molar-refractivity contribution < 1.29 is 9.53 Å². The van der Waals surface area contributed by atoms with E-state index in [0.717, 1.165) is 16.6 Å². The van der Waals surface area contributed by atoms with E-state index in [1.807, 2.05) is 42.5 Å². The van der Waals surface area contributed by atoms with Crippen LogP contribution < -0.4 is 10.1 Å². The average molecular weight is 295 g/mol. The zero-order valence-electron chi connectivity index (χ0n) is 12.3. The Bertz CT molecular complexity index is 795. The van der Waals surface area contributed by atoms with Crippen molar-refractivity contribution in [1.82, 2.24) is 9.97 Å². The van der Waals surface area contributed by atoms with Crippen LogP contribution in [-0.4, -0.2) is 23.0 Å². The molecule has 0 aliphatic carbocycles. The molecule has 2 N–H and O–H groups in total. The van der Waals surface area contributed by atoms with E-state index in [9.17, 15) is 4.79 Å². The first kappa shape index (κ1) is 14.1. The fourth-order valence-corrected chi connectivity index (χ4v) is 2.36. The van der Waals surface area contributed by atoms with Crippen LogP contribution in [-0.2, 0) is 11.2 Å². The number of methoxy groups -OCH3 is 1. The van der Waals surface area contributed by atoms with Crippen molar-refractivity contribution in [2.75, 3.05) is 12.4 Å². The maximum absolute atomic E-state index is 12.1. The van der Waals surface area contributed by atoms with Gasteiger partial charge in [-0.25, -0.2) is 4.98 Å². The minimum absolute atomic E-state index is 0.0331. The maximum Gasteiger partial charge on any atom is 0.224 e. The molecule has 1 heterocycles. The number of H-pyrrole nitrogens is 1. The molecule has 0 aliphatic heterocycles. The number of para-hydroxylation sites is 2. The highest BCUT2D eigenvalue weighted by Gasteiger charge is 2.07. The van der Waals surface area contributed by atoms with Crippen LogP contribution in [0, 0.1) is 0 Å². The monoisotopic (exact) mass is 295 g/mol. The summed E-state index contributed by atoms with van der Waals surface area (Å²) in [5.41, 5.74) is 3.72. The summed E-state index contributed by atoms with van der Waals surface area (Å²) in [6, 6.07) is 13.4. The highest BCUT2D eigenvalue weighted by Crippen LogP contribution is 2.23. The molecule has 0 spiro atoms. The van der Waals surface area contributed by atoms with Gasteiger partial charge in [-0.2, -0.15) is 0 Å². The van der Waals surface area contributed by atoms with Gasteiger partial charge in [0.05, 0.1) is 30.2 Å². The Morgan fingerprint density at radius 3 is 3.00 bits per heavy atom. The van der Waals surface area contributed by atoms with Gasteiger partial charge < -0.3 is 15.0 Å². The van der Waals surface area contributed by atoms with Crippen LogP contribution in [0.4, 0.5) is 5.69 Å². The summed E-state index contributed by atoms with van der Waals surface area (Å²) in [5.74, 6) is 0.629. The summed E-state index contributed by atoms with van der Waals surface area (Å²) in [7, 11) is 1.59. The van der Waals surface area contributed by atoms with Gasteiger partial charge >= 0.3 is 0 Å². The highest BCUT2D eigenvalue weighted by molar-refractivity contribution is 5.92. The van der Waals surface area contributed by atoms with Crippen molar-refractivity contribution in [2.24, 2.45) is 0 Å². The van der Waals surface area contributed by atoms with Crippen LogP contribution in [0.1, 0.15) is 12.0 Å². The first-order chi connectivity index (χ1) is 10.8. The predicted molar refractivity (Wildman–Crippen MR) is 86.0 cm³/mol. The second kappa shape index (κ2) is 6.30. The smallest absolute Gasteiger partial charge is 0.224 e. The van der Waals surface area contributed by atoms with Gasteiger partial charge in [-0.1, -0.05) is 18.2 Å². The van der Waals surface area contributed by atoms with Crippen molar-refractivity contribution in [2.45, 2.75) is 12.8 Å². The minimum atomic E-state index is -0.0331. The Labute approximate surface area is 128 Å². The summed E-state index contributed by atoms with van der Waals surface area (Å²) >= 11 is 0. The number of benzene rings is 2. The lowest BCUT2D eigenvalue weighted by Crippen LogP contribution is -2.13.